The van der Waals surface area contributed by atoms with Gasteiger partial charge in [0, 0.05) is 17.7 Å². The van der Waals surface area contributed by atoms with Crippen LogP contribution in [0.25, 0.3) is 16.9 Å². The van der Waals surface area contributed by atoms with Crippen LogP contribution >= 0.6 is 0 Å². The fraction of sp³-hybridized carbons (Fsp3) is 0.263. The summed E-state index contributed by atoms with van der Waals surface area (Å²) < 4.78 is 7.52. The molecule has 0 aliphatic carbocycles. The number of imidazole rings is 1. The molecule has 2 aromatic heterocycles. The summed E-state index contributed by atoms with van der Waals surface area (Å²) in [5, 5.41) is 9.06. The summed E-state index contributed by atoms with van der Waals surface area (Å²) in [5.74, 6) is 0.00413. The number of benzene rings is 1. The molecule has 0 spiro atoms. The molecule has 2 heterocycles. The Bertz CT molecular complexity index is 866. The Hall–Kier alpha value is -2.82. The van der Waals surface area contributed by atoms with E-state index in [9.17, 15) is 4.79 Å². The van der Waals surface area contributed by atoms with E-state index in [1.54, 1.807) is 0 Å². The van der Waals surface area contributed by atoms with Gasteiger partial charge in [-0.3, -0.25) is 4.79 Å². The van der Waals surface area contributed by atoms with Crippen LogP contribution in [0.15, 0.2) is 42.5 Å². The van der Waals surface area contributed by atoms with Crippen LogP contribution in [0, 0.1) is 6.92 Å². The number of aromatic nitrogens is 2. The van der Waals surface area contributed by atoms with Crippen molar-refractivity contribution >= 4 is 11.6 Å². The molecule has 0 atom stereocenters. The smallest absolute Gasteiger partial charge is 0.303 e. The third-order valence-corrected chi connectivity index (χ3v) is 3.95. The minimum Gasteiger partial charge on any atom is -0.494 e. The third kappa shape index (κ3) is 3.11. The predicted octanol–water partition coefficient (Wildman–Crippen LogP) is 3.73. The molecular formula is C19H20N2O3. The highest BCUT2D eigenvalue weighted by atomic mass is 16.5. The van der Waals surface area contributed by atoms with Crippen molar-refractivity contribution in [3.63, 3.8) is 0 Å². The molecule has 5 heteroatoms. The average molecular weight is 324 g/mol. The van der Waals surface area contributed by atoms with Crippen molar-refractivity contribution in [2.24, 2.45) is 0 Å². The van der Waals surface area contributed by atoms with Crippen LogP contribution in [0.3, 0.4) is 0 Å². The highest BCUT2D eigenvalue weighted by Gasteiger charge is 2.16. The van der Waals surface area contributed by atoms with Crippen LogP contribution in [-0.2, 0) is 11.2 Å². The van der Waals surface area contributed by atoms with Crippen molar-refractivity contribution in [3.05, 3.63) is 53.9 Å². The van der Waals surface area contributed by atoms with E-state index >= 15 is 0 Å². The average Bonchev–Trinajstić information content (AvgIpc) is 2.94. The Labute approximate surface area is 140 Å². The second-order valence-electron chi connectivity index (χ2n) is 5.62. The number of pyridine rings is 1. The van der Waals surface area contributed by atoms with E-state index in [1.165, 1.54) is 0 Å². The van der Waals surface area contributed by atoms with Gasteiger partial charge in [-0.2, -0.15) is 0 Å². The predicted molar refractivity (Wildman–Crippen MR) is 92.5 cm³/mol. The fourth-order valence-electron chi connectivity index (χ4n) is 2.89. The Balaban J connectivity index is 2.10. The van der Waals surface area contributed by atoms with Gasteiger partial charge < -0.3 is 14.2 Å². The largest absolute Gasteiger partial charge is 0.494 e. The molecule has 0 bridgehead atoms. The first-order valence-electron chi connectivity index (χ1n) is 8.02. The number of ether oxygens (including phenoxy) is 1. The van der Waals surface area contributed by atoms with Crippen LogP contribution in [0.1, 0.15) is 24.7 Å². The third-order valence-electron chi connectivity index (χ3n) is 3.95. The van der Waals surface area contributed by atoms with Crippen molar-refractivity contribution in [3.8, 4) is 17.0 Å². The Morgan fingerprint density at radius 2 is 1.96 bits per heavy atom. The van der Waals surface area contributed by atoms with Crippen molar-refractivity contribution in [2.45, 2.75) is 26.7 Å². The minimum atomic E-state index is -0.809. The summed E-state index contributed by atoms with van der Waals surface area (Å²) in [6, 6.07) is 13.7. The molecule has 0 radical (unpaired) electrons. The summed E-state index contributed by atoms with van der Waals surface area (Å²) in [6.45, 7) is 4.57. The van der Waals surface area contributed by atoms with Crippen LogP contribution in [0.5, 0.6) is 5.75 Å². The van der Waals surface area contributed by atoms with Crippen LogP contribution in [-0.4, -0.2) is 27.1 Å². The summed E-state index contributed by atoms with van der Waals surface area (Å²) in [4.78, 5) is 15.8. The first kappa shape index (κ1) is 16.1. The molecule has 0 aliphatic heterocycles. The lowest BCUT2D eigenvalue weighted by Gasteiger charge is -2.07. The van der Waals surface area contributed by atoms with Gasteiger partial charge in [0.05, 0.1) is 24.4 Å². The fourth-order valence-corrected chi connectivity index (χ4v) is 2.89. The van der Waals surface area contributed by atoms with Gasteiger partial charge in [0.15, 0.2) is 0 Å². The quantitative estimate of drug-likeness (QED) is 0.750. The second kappa shape index (κ2) is 6.74. The van der Waals surface area contributed by atoms with E-state index in [4.69, 9.17) is 14.8 Å². The highest BCUT2D eigenvalue weighted by Crippen LogP contribution is 2.28. The van der Waals surface area contributed by atoms with E-state index in [0.29, 0.717) is 13.0 Å². The standard InChI is InChI=1S/C19H20N2O3/c1-3-24-15-9-7-14(8-10-15)19-16(11-12-18(22)23)21-13(2)5-4-6-17(21)20-19/h4-10H,3,11-12H2,1-2H3,(H,22,23). The van der Waals surface area contributed by atoms with Crippen molar-refractivity contribution in [2.75, 3.05) is 6.61 Å². The van der Waals surface area contributed by atoms with Crippen molar-refractivity contribution in [1.29, 1.82) is 0 Å². The molecule has 3 aromatic rings. The topological polar surface area (TPSA) is 63.8 Å². The van der Waals surface area contributed by atoms with E-state index in [1.807, 2.05) is 60.7 Å². The van der Waals surface area contributed by atoms with Gasteiger partial charge in [-0.05, 0) is 50.2 Å². The van der Waals surface area contributed by atoms with Gasteiger partial charge in [0.25, 0.3) is 0 Å². The Morgan fingerprint density at radius 3 is 2.62 bits per heavy atom. The number of aliphatic carboxylic acids is 1. The summed E-state index contributed by atoms with van der Waals surface area (Å²) in [7, 11) is 0. The lowest BCUT2D eigenvalue weighted by molar-refractivity contribution is -0.136. The van der Waals surface area contributed by atoms with Gasteiger partial charge in [0.1, 0.15) is 11.4 Å². The lowest BCUT2D eigenvalue weighted by Crippen LogP contribution is -2.03. The number of carboxylic acid groups (broad SMARTS) is 1. The molecule has 0 saturated carbocycles. The molecule has 0 aliphatic rings. The van der Waals surface area contributed by atoms with E-state index < -0.39 is 5.97 Å². The number of carbonyl (C=O) groups is 1. The second-order valence-corrected chi connectivity index (χ2v) is 5.62. The summed E-state index contributed by atoms with van der Waals surface area (Å²) in [5.41, 5.74) is 4.59. The van der Waals surface area contributed by atoms with Gasteiger partial charge in [0.2, 0.25) is 0 Å². The van der Waals surface area contributed by atoms with Crippen molar-refractivity contribution in [1.82, 2.24) is 9.38 Å². The number of carboxylic acids is 1. The maximum Gasteiger partial charge on any atom is 0.303 e. The van der Waals surface area contributed by atoms with Crippen molar-refractivity contribution < 1.29 is 14.6 Å². The lowest BCUT2D eigenvalue weighted by atomic mass is 10.1. The molecule has 24 heavy (non-hydrogen) atoms. The molecule has 0 unspecified atom stereocenters. The number of rotatable bonds is 6. The number of nitrogens with zero attached hydrogens (tertiary/aromatic N) is 2. The summed E-state index contributed by atoms with van der Waals surface area (Å²) >= 11 is 0. The number of hydrogen-bond acceptors (Lipinski definition) is 3. The monoisotopic (exact) mass is 324 g/mol. The van der Waals surface area contributed by atoms with Crippen LogP contribution < -0.4 is 4.74 Å². The molecule has 124 valence electrons. The first-order chi connectivity index (χ1) is 11.6. The zero-order chi connectivity index (χ0) is 17.1. The van der Waals surface area contributed by atoms with Gasteiger partial charge in [-0.15, -0.1) is 0 Å². The van der Waals surface area contributed by atoms with Gasteiger partial charge in [-0.25, -0.2) is 4.98 Å². The SMILES string of the molecule is CCOc1ccc(-c2nc3cccc(C)n3c2CCC(=O)O)cc1. The zero-order valence-electron chi connectivity index (χ0n) is 13.8. The Kier molecular flexibility index (Phi) is 4.51. The highest BCUT2D eigenvalue weighted by molar-refractivity contribution is 5.70. The molecule has 0 saturated heterocycles. The summed E-state index contributed by atoms with van der Waals surface area (Å²) in [6.07, 6.45) is 0.510. The van der Waals surface area contributed by atoms with E-state index in [2.05, 4.69) is 0 Å². The normalized spacial score (nSPS) is 10.9. The number of hydrogen-bond donors (Lipinski definition) is 1. The van der Waals surface area contributed by atoms with Crippen LogP contribution in [0.4, 0.5) is 0 Å². The molecule has 0 fully saturated rings. The van der Waals surface area contributed by atoms with Gasteiger partial charge >= 0.3 is 5.97 Å². The van der Waals surface area contributed by atoms with Gasteiger partial charge in [-0.1, -0.05) is 6.07 Å². The molecule has 1 N–H and O–H groups in total. The maximum atomic E-state index is 11.0. The molecule has 3 rings (SSSR count). The van der Waals surface area contributed by atoms with Crippen LogP contribution in [0.2, 0.25) is 0 Å². The molecule has 1 aromatic carbocycles. The maximum absolute atomic E-state index is 11.0. The molecule has 0 amide bonds. The Morgan fingerprint density at radius 1 is 1.21 bits per heavy atom. The van der Waals surface area contributed by atoms with E-state index in [0.717, 1.165) is 34.0 Å². The van der Waals surface area contributed by atoms with E-state index in [-0.39, 0.29) is 6.42 Å². The minimum absolute atomic E-state index is 0.0756. The number of fused-ring (bicyclic) bond motifs is 1. The number of aryl methyl sites for hydroxylation is 2. The zero-order valence-corrected chi connectivity index (χ0v) is 13.8. The first-order valence-corrected chi connectivity index (χ1v) is 8.02. The molecule has 5 nitrogen and oxygen atoms in total. The molecular weight excluding hydrogens is 304 g/mol.